The van der Waals surface area contributed by atoms with Crippen LogP contribution in [0.2, 0.25) is 0 Å². The Morgan fingerprint density at radius 1 is 1.56 bits per heavy atom. The summed E-state index contributed by atoms with van der Waals surface area (Å²) in [5.41, 5.74) is 8.07. The second-order valence-electron chi connectivity index (χ2n) is 4.15. The summed E-state index contributed by atoms with van der Waals surface area (Å²) in [4.78, 5) is 18.8. The van der Waals surface area contributed by atoms with Gasteiger partial charge in [0, 0.05) is 5.69 Å². The number of nitrogens with one attached hydrogen (secondary N) is 1. The Labute approximate surface area is 109 Å². The van der Waals surface area contributed by atoms with Crippen LogP contribution in [0.3, 0.4) is 0 Å². The van der Waals surface area contributed by atoms with Crippen LogP contribution >= 0.6 is 11.8 Å². The lowest BCUT2D eigenvalue weighted by molar-refractivity contribution is -0.144. The highest BCUT2D eigenvalue weighted by molar-refractivity contribution is 7.99. The molecule has 1 aromatic carbocycles. The number of carbonyl (C=O) groups is 1. The van der Waals surface area contributed by atoms with Crippen molar-refractivity contribution in [3.8, 4) is 0 Å². The van der Waals surface area contributed by atoms with Crippen LogP contribution in [0, 0.1) is 0 Å². The summed E-state index contributed by atoms with van der Waals surface area (Å²) in [7, 11) is 0. The highest BCUT2D eigenvalue weighted by Crippen LogP contribution is 2.21. The molecule has 0 radical (unpaired) electrons. The molecule has 96 valence electrons. The minimum Gasteiger partial charge on any atom is -0.462 e. The van der Waals surface area contributed by atoms with Gasteiger partial charge in [-0.05, 0) is 32.0 Å². The number of H-pyrrole nitrogens is 1. The molecule has 0 aliphatic heterocycles. The average molecular weight is 265 g/mol. The molecule has 18 heavy (non-hydrogen) atoms. The number of anilines is 1. The van der Waals surface area contributed by atoms with Crippen molar-refractivity contribution in [2.24, 2.45) is 0 Å². The number of carbonyl (C=O) groups excluding carboxylic acids is 1. The number of aromatic amines is 1. The lowest BCUT2D eigenvalue weighted by Gasteiger charge is -2.06. The van der Waals surface area contributed by atoms with E-state index in [9.17, 15) is 4.79 Å². The molecule has 0 unspecified atom stereocenters. The maximum atomic E-state index is 11.4. The number of rotatable bonds is 4. The van der Waals surface area contributed by atoms with Gasteiger partial charge in [0.2, 0.25) is 0 Å². The maximum absolute atomic E-state index is 11.4. The summed E-state index contributed by atoms with van der Waals surface area (Å²) < 4.78 is 5.04. The quantitative estimate of drug-likeness (QED) is 0.503. The van der Waals surface area contributed by atoms with Crippen LogP contribution in [-0.2, 0) is 9.53 Å². The monoisotopic (exact) mass is 265 g/mol. The van der Waals surface area contributed by atoms with Gasteiger partial charge in [-0.25, -0.2) is 4.98 Å². The number of esters is 1. The van der Waals surface area contributed by atoms with Crippen LogP contribution in [0.5, 0.6) is 0 Å². The Morgan fingerprint density at radius 2 is 2.33 bits per heavy atom. The summed E-state index contributed by atoms with van der Waals surface area (Å²) in [6.07, 6.45) is -0.0893. The van der Waals surface area contributed by atoms with Gasteiger partial charge in [-0.1, -0.05) is 11.8 Å². The van der Waals surface area contributed by atoms with Crippen LogP contribution in [0.4, 0.5) is 5.69 Å². The van der Waals surface area contributed by atoms with E-state index >= 15 is 0 Å². The van der Waals surface area contributed by atoms with Gasteiger partial charge >= 0.3 is 5.97 Å². The highest BCUT2D eigenvalue weighted by Gasteiger charge is 2.09. The molecule has 3 N–H and O–H groups in total. The van der Waals surface area contributed by atoms with Crippen molar-refractivity contribution in [3.05, 3.63) is 18.2 Å². The van der Waals surface area contributed by atoms with Crippen molar-refractivity contribution in [1.82, 2.24) is 9.97 Å². The van der Waals surface area contributed by atoms with E-state index in [1.165, 1.54) is 11.8 Å². The van der Waals surface area contributed by atoms with Crippen molar-refractivity contribution >= 4 is 34.5 Å². The predicted molar refractivity (Wildman–Crippen MR) is 72.5 cm³/mol. The summed E-state index contributed by atoms with van der Waals surface area (Å²) >= 11 is 1.32. The number of aromatic nitrogens is 2. The molecule has 0 aliphatic rings. The Bertz CT molecular complexity index is 565. The fourth-order valence-corrected chi connectivity index (χ4v) is 2.16. The molecule has 6 heteroatoms. The van der Waals surface area contributed by atoms with Crippen molar-refractivity contribution in [3.63, 3.8) is 0 Å². The van der Waals surface area contributed by atoms with E-state index in [1.807, 2.05) is 26.0 Å². The van der Waals surface area contributed by atoms with Crippen molar-refractivity contribution in [1.29, 1.82) is 0 Å². The van der Waals surface area contributed by atoms with Crippen molar-refractivity contribution < 1.29 is 9.53 Å². The van der Waals surface area contributed by atoms with Crippen molar-refractivity contribution in [2.75, 3.05) is 11.5 Å². The molecular formula is C12H15N3O2S. The number of nitrogens with two attached hydrogens (primary N) is 1. The predicted octanol–water partition coefficient (Wildman–Crippen LogP) is 2.19. The number of hydrogen-bond acceptors (Lipinski definition) is 5. The number of fused-ring (bicyclic) bond motifs is 1. The van der Waals surface area contributed by atoms with Crippen LogP contribution in [0.25, 0.3) is 11.0 Å². The number of benzene rings is 1. The van der Waals surface area contributed by atoms with Crippen LogP contribution in [0.1, 0.15) is 13.8 Å². The zero-order valence-corrected chi connectivity index (χ0v) is 11.1. The van der Waals surface area contributed by atoms with E-state index in [2.05, 4.69) is 9.97 Å². The van der Waals surface area contributed by atoms with E-state index in [-0.39, 0.29) is 17.8 Å². The minimum atomic E-state index is -0.241. The smallest absolute Gasteiger partial charge is 0.316 e. The van der Waals surface area contributed by atoms with Crippen LogP contribution in [0.15, 0.2) is 23.4 Å². The molecule has 1 aromatic heterocycles. The first-order valence-corrected chi connectivity index (χ1v) is 6.60. The number of thioether (sulfide) groups is 1. The SMILES string of the molecule is CC(C)OC(=O)CSc1nc2ccc(N)cc2[nH]1. The van der Waals surface area contributed by atoms with E-state index in [4.69, 9.17) is 10.5 Å². The molecule has 0 fully saturated rings. The molecule has 0 spiro atoms. The Morgan fingerprint density at radius 3 is 3.06 bits per heavy atom. The average Bonchev–Trinajstić information content (AvgIpc) is 2.67. The number of hydrogen-bond donors (Lipinski definition) is 2. The first kappa shape index (κ1) is 12.8. The molecule has 2 aromatic rings. The van der Waals surface area contributed by atoms with E-state index in [1.54, 1.807) is 6.07 Å². The first-order chi connectivity index (χ1) is 8.54. The normalized spacial score (nSPS) is 11.1. The third-order valence-electron chi connectivity index (χ3n) is 2.18. The molecule has 0 atom stereocenters. The second kappa shape index (κ2) is 5.30. The number of nitrogen functional groups attached to an aromatic ring is 1. The zero-order chi connectivity index (χ0) is 13.1. The van der Waals surface area contributed by atoms with Gasteiger partial charge in [-0.3, -0.25) is 4.79 Å². The third kappa shape index (κ3) is 3.16. The van der Waals surface area contributed by atoms with E-state index in [0.717, 1.165) is 11.0 Å². The topological polar surface area (TPSA) is 81.0 Å². The fraction of sp³-hybridized carbons (Fsp3) is 0.333. The molecular weight excluding hydrogens is 250 g/mol. The molecule has 5 nitrogen and oxygen atoms in total. The fourth-order valence-electron chi connectivity index (χ4n) is 1.50. The van der Waals surface area contributed by atoms with Gasteiger partial charge in [0.1, 0.15) is 0 Å². The van der Waals surface area contributed by atoms with Gasteiger partial charge in [0.25, 0.3) is 0 Å². The molecule has 0 saturated carbocycles. The summed E-state index contributed by atoms with van der Waals surface area (Å²) in [5, 5.41) is 0.691. The third-order valence-corrected chi connectivity index (χ3v) is 3.02. The van der Waals surface area contributed by atoms with Crippen LogP contribution in [-0.4, -0.2) is 27.8 Å². The number of imidazole rings is 1. The molecule has 0 saturated heterocycles. The summed E-state index contributed by atoms with van der Waals surface area (Å²) in [6, 6.07) is 5.46. The number of ether oxygens (including phenoxy) is 1. The van der Waals surface area contributed by atoms with Gasteiger partial charge in [-0.15, -0.1) is 0 Å². The second-order valence-corrected chi connectivity index (χ2v) is 5.11. The Hall–Kier alpha value is -1.69. The maximum Gasteiger partial charge on any atom is 0.316 e. The largest absolute Gasteiger partial charge is 0.462 e. The zero-order valence-electron chi connectivity index (χ0n) is 10.3. The Kier molecular flexibility index (Phi) is 3.76. The van der Waals surface area contributed by atoms with Gasteiger partial charge in [0.05, 0.1) is 22.9 Å². The lowest BCUT2D eigenvalue weighted by Crippen LogP contribution is -2.13. The minimum absolute atomic E-state index is 0.0893. The van der Waals surface area contributed by atoms with E-state index in [0.29, 0.717) is 10.8 Å². The molecule has 0 aliphatic carbocycles. The molecule has 1 heterocycles. The first-order valence-electron chi connectivity index (χ1n) is 5.62. The standard InChI is InChI=1S/C12H15N3O2S/c1-7(2)17-11(16)6-18-12-14-9-4-3-8(13)5-10(9)15-12/h3-5,7H,6,13H2,1-2H3,(H,14,15). The van der Waals surface area contributed by atoms with Crippen LogP contribution < -0.4 is 5.73 Å². The highest BCUT2D eigenvalue weighted by atomic mass is 32.2. The van der Waals surface area contributed by atoms with E-state index < -0.39 is 0 Å². The van der Waals surface area contributed by atoms with Gasteiger partial charge < -0.3 is 15.5 Å². The molecule has 0 amide bonds. The van der Waals surface area contributed by atoms with Gasteiger partial charge in [0.15, 0.2) is 5.16 Å². The molecule has 2 rings (SSSR count). The van der Waals surface area contributed by atoms with Gasteiger partial charge in [-0.2, -0.15) is 0 Å². The summed E-state index contributed by atoms with van der Waals surface area (Å²) in [6.45, 7) is 3.65. The lowest BCUT2D eigenvalue weighted by atomic mass is 10.3. The number of nitrogens with zero attached hydrogens (tertiary/aromatic N) is 1. The summed E-state index contributed by atoms with van der Waals surface area (Å²) in [5.74, 6) is 0.00277. The Balaban J connectivity index is 2.02. The molecule has 0 bridgehead atoms. The van der Waals surface area contributed by atoms with Crippen molar-refractivity contribution in [2.45, 2.75) is 25.1 Å².